The predicted octanol–water partition coefficient (Wildman–Crippen LogP) is 1.73. The van der Waals surface area contributed by atoms with E-state index in [1.54, 1.807) is 24.3 Å². The summed E-state index contributed by atoms with van der Waals surface area (Å²) in [6.07, 6.45) is 2.11. The molecule has 1 aromatic carbocycles. The summed E-state index contributed by atoms with van der Waals surface area (Å²) in [7, 11) is 0. The van der Waals surface area contributed by atoms with Crippen LogP contribution in [0.2, 0.25) is 5.02 Å². The van der Waals surface area contributed by atoms with Crippen LogP contribution >= 0.6 is 11.6 Å². The van der Waals surface area contributed by atoms with Gasteiger partial charge in [0.1, 0.15) is 18.6 Å². The molecular weight excluding hydrogens is 294 g/mol. The molecule has 2 rings (SSSR count). The lowest BCUT2D eigenvalue weighted by Crippen LogP contribution is -2.30. The van der Waals surface area contributed by atoms with Gasteiger partial charge in [-0.15, -0.1) is 0 Å². The average molecular weight is 306 g/mol. The van der Waals surface area contributed by atoms with E-state index in [0.29, 0.717) is 33.9 Å². The number of nitrogens with two attached hydrogens (primary N) is 1. The number of nitrogens with zero attached hydrogens (tertiary/aromatic N) is 1. The minimum Gasteiger partial charge on any atom is -0.486 e. The summed E-state index contributed by atoms with van der Waals surface area (Å²) >= 11 is 5.99. The number of hydrogen-bond donors (Lipinski definition) is 2. The number of carbonyl (C=O) groups excluding carboxylic acids is 2. The summed E-state index contributed by atoms with van der Waals surface area (Å²) < 4.78 is 5.51. The molecule has 0 aliphatic carbocycles. The Hall–Kier alpha value is -2.44. The number of hydrogen-bond acceptors (Lipinski definition) is 5. The summed E-state index contributed by atoms with van der Waals surface area (Å²) in [6.45, 7) is 0.185. The van der Waals surface area contributed by atoms with Gasteiger partial charge in [-0.3, -0.25) is 20.0 Å². The molecular formula is C14H12ClN3O3. The molecule has 0 atom stereocenters. The van der Waals surface area contributed by atoms with Gasteiger partial charge >= 0.3 is 0 Å². The molecule has 3 N–H and O–H groups in total. The predicted molar refractivity (Wildman–Crippen MR) is 77.1 cm³/mol. The van der Waals surface area contributed by atoms with E-state index in [1.165, 1.54) is 12.3 Å². The molecule has 6 nitrogen and oxygen atoms in total. The average Bonchev–Trinajstić information content (AvgIpc) is 2.53. The lowest BCUT2D eigenvalue weighted by Gasteiger charge is -2.08. The van der Waals surface area contributed by atoms with Crippen LogP contribution < -0.4 is 16.0 Å². The zero-order valence-electron chi connectivity index (χ0n) is 10.9. The standard InChI is InChI=1S/C14H12ClN3O3/c15-12-5-9(7-19)1-4-13(12)21-8-11-3-2-10(6-17-11)14(20)18-16/h1-7H,8,16H2,(H,18,20). The summed E-state index contributed by atoms with van der Waals surface area (Å²) in [4.78, 5) is 26.0. The first-order valence-electron chi connectivity index (χ1n) is 5.97. The van der Waals surface area contributed by atoms with E-state index in [9.17, 15) is 9.59 Å². The third-order valence-electron chi connectivity index (χ3n) is 2.69. The zero-order chi connectivity index (χ0) is 15.2. The van der Waals surface area contributed by atoms with Crippen LogP contribution in [0, 0.1) is 0 Å². The van der Waals surface area contributed by atoms with Crippen LogP contribution in [-0.4, -0.2) is 17.2 Å². The number of ether oxygens (including phenoxy) is 1. The lowest BCUT2D eigenvalue weighted by atomic mass is 10.2. The fraction of sp³-hybridized carbons (Fsp3) is 0.0714. The maximum atomic E-state index is 11.3. The fourth-order valence-corrected chi connectivity index (χ4v) is 1.83. The Balaban J connectivity index is 2.03. The summed E-state index contributed by atoms with van der Waals surface area (Å²) in [5.41, 5.74) is 3.48. The van der Waals surface area contributed by atoms with E-state index >= 15 is 0 Å². The number of halogens is 1. The summed E-state index contributed by atoms with van der Waals surface area (Å²) in [5.74, 6) is 5.06. The zero-order valence-corrected chi connectivity index (χ0v) is 11.6. The number of benzene rings is 1. The second-order valence-corrected chi connectivity index (χ2v) is 4.52. The number of carbonyl (C=O) groups is 2. The summed E-state index contributed by atoms with van der Waals surface area (Å²) in [5, 5.41) is 0.346. The quantitative estimate of drug-likeness (QED) is 0.380. The number of rotatable bonds is 5. The van der Waals surface area contributed by atoms with Crippen molar-refractivity contribution < 1.29 is 14.3 Å². The van der Waals surface area contributed by atoms with E-state index < -0.39 is 5.91 Å². The molecule has 0 aliphatic heterocycles. The largest absolute Gasteiger partial charge is 0.486 e. The van der Waals surface area contributed by atoms with Crippen molar-refractivity contribution in [2.24, 2.45) is 5.84 Å². The van der Waals surface area contributed by atoms with Crippen molar-refractivity contribution in [2.75, 3.05) is 0 Å². The molecule has 1 heterocycles. The molecule has 0 unspecified atom stereocenters. The van der Waals surface area contributed by atoms with Gasteiger partial charge in [-0.2, -0.15) is 0 Å². The second-order valence-electron chi connectivity index (χ2n) is 4.11. The van der Waals surface area contributed by atoms with Crippen molar-refractivity contribution in [1.82, 2.24) is 10.4 Å². The van der Waals surface area contributed by atoms with E-state index in [-0.39, 0.29) is 6.61 Å². The first-order chi connectivity index (χ1) is 10.1. The summed E-state index contributed by atoms with van der Waals surface area (Å²) in [6, 6.07) is 7.98. The highest BCUT2D eigenvalue weighted by Crippen LogP contribution is 2.25. The highest BCUT2D eigenvalue weighted by atomic mass is 35.5. The van der Waals surface area contributed by atoms with E-state index in [0.717, 1.165) is 0 Å². The molecule has 1 amide bonds. The van der Waals surface area contributed by atoms with Gasteiger partial charge in [0.2, 0.25) is 0 Å². The first-order valence-corrected chi connectivity index (χ1v) is 6.35. The van der Waals surface area contributed by atoms with Gasteiger partial charge < -0.3 is 4.74 Å². The third kappa shape index (κ3) is 3.77. The van der Waals surface area contributed by atoms with Gasteiger partial charge in [-0.05, 0) is 30.3 Å². The number of aldehydes is 1. The number of nitrogens with one attached hydrogen (secondary N) is 1. The van der Waals surface area contributed by atoms with E-state index in [2.05, 4.69) is 4.98 Å². The van der Waals surface area contributed by atoms with Crippen LogP contribution in [0.1, 0.15) is 26.4 Å². The smallest absolute Gasteiger partial charge is 0.266 e. The number of amides is 1. The monoisotopic (exact) mass is 305 g/mol. The SMILES string of the molecule is NNC(=O)c1ccc(COc2ccc(C=O)cc2Cl)nc1. The van der Waals surface area contributed by atoms with Crippen LogP contribution in [0.4, 0.5) is 0 Å². The molecule has 1 aromatic heterocycles. The van der Waals surface area contributed by atoms with Crippen molar-refractivity contribution in [1.29, 1.82) is 0 Å². The van der Waals surface area contributed by atoms with Gasteiger partial charge in [0.25, 0.3) is 5.91 Å². The number of pyridine rings is 1. The van der Waals surface area contributed by atoms with Crippen LogP contribution in [0.15, 0.2) is 36.5 Å². The van der Waals surface area contributed by atoms with Crippen molar-refractivity contribution in [2.45, 2.75) is 6.61 Å². The van der Waals surface area contributed by atoms with Crippen molar-refractivity contribution >= 4 is 23.8 Å². The molecule has 0 saturated heterocycles. The Bertz CT molecular complexity index is 659. The third-order valence-corrected chi connectivity index (χ3v) is 2.98. The van der Waals surface area contributed by atoms with E-state index in [1.807, 2.05) is 5.43 Å². The minimum atomic E-state index is -0.414. The molecule has 0 bridgehead atoms. The fourth-order valence-electron chi connectivity index (χ4n) is 1.59. The van der Waals surface area contributed by atoms with Gasteiger partial charge in [-0.1, -0.05) is 11.6 Å². The first kappa shape index (κ1) is 15.0. The topological polar surface area (TPSA) is 94.3 Å². The van der Waals surface area contributed by atoms with Crippen molar-refractivity contribution in [3.8, 4) is 5.75 Å². The normalized spacial score (nSPS) is 10.0. The molecule has 0 fully saturated rings. The highest BCUT2D eigenvalue weighted by Gasteiger charge is 2.06. The Morgan fingerprint density at radius 3 is 2.76 bits per heavy atom. The molecule has 0 aliphatic rings. The van der Waals surface area contributed by atoms with Gasteiger partial charge in [0.05, 0.1) is 16.3 Å². The number of hydrazine groups is 1. The molecule has 0 radical (unpaired) electrons. The molecule has 21 heavy (non-hydrogen) atoms. The van der Waals surface area contributed by atoms with Gasteiger partial charge in [-0.25, -0.2) is 5.84 Å². The van der Waals surface area contributed by atoms with Crippen LogP contribution in [-0.2, 0) is 6.61 Å². The van der Waals surface area contributed by atoms with Crippen molar-refractivity contribution in [3.63, 3.8) is 0 Å². The maximum absolute atomic E-state index is 11.3. The Morgan fingerprint density at radius 2 is 2.19 bits per heavy atom. The van der Waals surface area contributed by atoms with E-state index in [4.69, 9.17) is 22.2 Å². The highest BCUT2D eigenvalue weighted by molar-refractivity contribution is 6.32. The number of aromatic nitrogens is 1. The van der Waals surface area contributed by atoms with Gasteiger partial charge in [0, 0.05) is 11.8 Å². The molecule has 2 aromatic rings. The Kier molecular flexibility index (Phi) is 4.86. The second kappa shape index (κ2) is 6.83. The lowest BCUT2D eigenvalue weighted by molar-refractivity contribution is 0.0953. The Labute approximate surface area is 125 Å². The van der Waals surface area contributed by atoms with Gasteiger partial charge in [0.15, 0.2) is 0 Å². The molecule has 0 saturated carbocycles. The Morgan fingerprint density at radius 1 is 1.38 bits per heavy atom. The maximum Gasteiger partial charge on any atom is 0.266 e. The van der Waals surface area contributed by atoms with Crippen LogP contribution in [0.5, 0.6) is 5.75 Å². The van der Waals surface area contributed by atoms with Crippen molar-refractivity contribution in [3.05, 3.63) is 58.4 Å². The minimum absolute atomic E-state index is 0.185. The number of nitrogen functional groups attached to an aromatic ring is 1. The molecule has 7 heteroatoms. The van der Waals surface area contributed by atoms with Crippen LogP contribution in [0.3, 0.4) is 0 Å². The molecule has 108 valence electrons. The molecule has 0 spiro atoms. The van der Waals surface area contributed by atoms with Crippen LogP contribution in [0.25, 0.3) is 0 Å².